The van der Waals surface area contributed by atoms with E-state index in [-0.39, 0.29) is 17.6 Å². The number of aromatic hydroxyl groups is 1. The molecule has 0 aliphatic heterocycles. The standard InChI is InChI=1S/C14H13NO3/c1-9(16)15(10(2)17)13-7-8-14(18)12-6-4-3-5-11(12)13/h3-8,18H,1-2H3. The molecular formula is C14H13NO3. The fourth-order valence-electron chi connectivity index (χ4n) is 2.02. The number of rotatable bonds is 1. The van der Waals surface area contributed by atoms with E-state index in [2.05, 4.69) is 0 Å². The SMILES string of the molecule is CC(=O)N(C(C)=O)c1ccc(O)c2ccccc12. The lowest BCUT2D eigenvalue weighted by Crippen LogP contribution is -2.33. The number of fused-ring (bicyclic) bond motifs is 1. The predicted octanol–water partition coefficient (Wildman–Crippen LogP) is 2.44. The molecule has 0 saturated carbocycles. The second kappa shape index (κ2) is 4.49. The summed E-state index contributed by atoms with van der Waals surface area (Å²) in [5, 5.41) is 11.0. The molecule has 2 aromatic carbocycles. The molecule has 2 aromatic rings. The Bertz CT molecular complexity index is 620. The van der Waals surface area contributed by atoms with Gasteiger partial charge in [0, 0.05) is 24.6 Å². The van der Waals surface area contributed by atoms with Crippen molar-refractivity contribution in [3.8, 4) is 5.75 Å². The molecule has 18 heavy (non-hydrogen) atoms. The van der Waals surface area contributed by atoms with Gasteiger partial charge in [-0.05, 0) is 12.1 Å². The van der Waals surface area contributed by atoms with Gasteiger partial charge in [-0.15, -0.1) is 0 Å². The second-order valence-electron chi connectivity index (χ2n) is 4.02. The van der Waals surface area contributed by atoms with Crippen LogP contribution in [0.4, 0.5) is 5.69 Å². The summed E-state index contributed by atoms with van der Waals surface area (Å²) in [7, 11) is 0. The number of phenols is 1. The average Bonchev–Trinajstić information content (AvgIpc) is 2.32. The van der Waals surface area contributed by atoms with Crippen LogP contribution < -0.4 is 4.90 Å². The van der Waals surface area contributed by atoms with Crippen molar-refractivity contribution in [2.24, 2.45) is 0 Å². The van der Waals surface area contributed by atoms with E-state index in [1.807, 2.05) is 0 Å². The zero-order valence-corrected chi connectivity index (χ0v) is 10.2. The number of amides is 2. The van der Waals surface area contributed by atoms with Crippen molar-refractivity contribution in [2.75, 3.05) is 4.90 Å². The highest BCUT2D eigenvalue weighted by molar-refractivity contribution is 6.18. The molecule has 2 amide bonds. The minimum Gasteiger partial charge on any atom is -0.507 e. The van der Waals surface area contributed by atoms with E-state index in [0.29, 0.717) is 16.5 Å². The first-order valence-electron chi connectivity index (χ1n) is 5.54. The van der Waals surface area contributed by atoms with Crippen molar-refractivity contribution in [3.05, 3.63) is 36.4 Å². The summed E-state index contributed by atoms with van der Waals surface area (Å²) in [5.74, 6) is -0.571. The lowest BCUT2D eigenvalue weighted by atomic mass is 10.1. The van der Waals surface area contributed by atoms with Gasteiger partial charge in [0.05, 0.1) is 5.69 Å². The molecule has 1 N–H and O–H groups in total. The van der Waals surface area contributed by atoms with Gasteiger partial charge in [-0.3, -0.25) is 14.5 Å². The summed E-state index contributed by atoms with van der Waals surface area (Å²) in [6.45, 7) is 2.67. The molecule has 0 aromatic heterocycles. The average molecular weight is 243 g/mol. The molecule has 0 heterocycles. The third kappa shape index (κ3) is 1.93. The molecule has 0 spiro atoms. The van der Waals surface area contributed by atoms with E-state index in [9.17, 15) is 14.7 Å². The first-order valence-corrected chi connectivity index (χ1v) is 5.54. The summed E-state index contributed by atoms with van der Waals surface area (Å²) in [5.41, 5.74) is 0.489. The topological polar surface area (TPSA) is 57.6 Å². The van der Waals surface area contributed by atoms with Gasteiger partial charge in [0.25, 0.3) is 0 Å². The first kappa shape index (κ1) is 12.1. The highest BCUT2D eigenvalue weighted by Gasteiger charge is 2.19. The minimum atomic E-state index is -0.349. The van der Waals surface area contributed by atoms with Crippen LogP contribution in [0, 0.1) is 0 Å². The summed E-state index contributed by atoms with van der Waals surface area (Å²) < 4.78 is 0. The first-order chi connectivity index (χ1) is 8.52. The van der Waals surface area contributed by atoms with Gasteiger partial charge in [-0.25, -0.2) is 0 Å². The Labute approximate surface area is 104 Å². The summed E-state index contributed by atoms with van der Waals surface area (Å²) in [4.78, 5) is 24.2. The Morgan fingerprint density at radius 3 is 2.06 bits per heavy atom. The fourth-order valence-corrected chi connectivity index (χ4v) is 2.02. The van der Waals surface area contributed by atoms with E-state index in [0.717, 1.165) is 4.90 Å². The van der Waals surface area contributed by atoms with Crippen molar-refractivity contribution in [1.82, 2.24) is 0 Å². The Kier molecular flexibility index (Phi) is 3.02. The van der Waals surface area contributed by atoms with Crippen LogP contribution in [0.3, 0.4) is 0 Å². The van der Waals surface area contributed by atoms with Crippen LogP contribution in [0.2, 0.25) is 0 Å². The molecule has 0 unspecified atom stereocenters. The van der Waals surface area contributed by atoms with Gasteiger partial charge in [0.1, 0.15) is 5.75 Å². The van der Waals surface area contributed by atoms with Gasteiger partial charge in [-0.2, -0.15) is 0 Å². The lowest BCUT2D eigenvalue weighted by Gasteiger charge is -2.19. The number of carbonyl (C=O) groups is 2. The van der Waals surface area contributed by atoms with E-state index in [1.165, 1.54) is 19.9 Å². The molecule has 0 fully saturated rings. The van der Waals surface area contributed by atoms with E-state index >= 15 is 0 Å². The summed E-state index contributed by atoms with van der Waals surface area (Å²) in [6, 6.07) is 10.1. The number of anilines is 1. The third-order valence-electron chi connectivity index (χ3n) is 2.75. The molecule has 0 radical (unpaired) electrons. The fraction of sp³-hybridized carbons (Fsp3) is 0.143. The van der Waals surface area contributed by atoms with Crippen molar-refractivity contribution in [1.29, 1.82) is 0 Å². The molecule has 2 rings (SSSR count). The van der Waals surface area contributed by atoms with Crippen LogP contribution in [-0.2, 0) is 9.59 Å². The van der Waals surface area contributed by atoms with Gasteiger partial charge in [0.2, 0.25) is 11.8 Å². The monoisotopic (exact) mass is 243 g/mol. The van der Waals surface area contributed by atoms with Crippen molar-refractivity contribution < 1.29 is 14.7 Å². The number of carbonyl (C=O) groups excluding carboxylic acids is 2. The van der Waals surface area contributed by atoms with Crippen molar-refractivity contribution >= 4 is 28.3 Å². The number of hydrogen-bond acceptors (Lipinski definition) is 3. The zero-order valence-electron chi connectivity index (χ0n) is 10.2. The largest absolute Gasteiger partial charge is 0.507 e. The summed E-state index contributed by atoms with van der Waals surface area (Å²) in [6.07, 6.45) is 0. The van der Waals surface area contributed by atoms with Crippen LogP contribution in [-0.4, -0.2) is 16.9 Å². The lowest BCUT2D eigenvalue weighted by molar-refractivity contribution is -0.124. The quantitative estimate of drug-likeness (QED) is 0.836. The maximum atomic E-state index is 11.6. The highest BCUT2D eigenvalue weighted by atomic mass is 16.3. The predicted molar refractivity (Wildman–Crippen MR) is 69.5 cm³/mol. The van der Waals surface area contributed by atoms with Gasteiger partial charge >= 0.3 is 0 Å². The van der Waals surface area contributed by atoms with Crippen molar-refractivity contribution in [3.63, 3.8) is 0 Å². The Hall–Kier alpha value is -2.36. The Morgan fingerprint density at radius 1 is 0.944 bits per heavy atom. The molecule has 0 atom stereocenters. The Balaban J connectivity index is 2.75. The van der Waals surface area contributed by atoms with E-state index < -0.39 is 0 Å². The smallest absolute Gasteiger partial charge is 0.230 e. The Morgan fingerprint density at radius 2 is 1.50 bits per heavy atom. The maximum absolute atomic E-state index is 11.6. The number of hydrogen-bond donors (Lipinski definition) is 1. The zero-order chi connectivity index (χ0) is 13.3. The number of nitrogens with zero attached hydrogens (tertiary/aromatic N) is 1. The molecule has 0 saturated heterocycles. The van der Waals surface area contributed by atoms with Crippen LogP contribution in [0.1, 0.15) is 13.8 Å². The number of phenolic OH excluding ortho intramolecular Hbond substituents is 1. The minimum absolute atomic E-state index is 0.126. The van der Waals surface area contributed by atoms with E-state index in [4.69, 9.17) is 0 Å². The highest BCUT2D eigenvalue weighted by Crippen LogP contribution is 2.33. The third-order valence-corrected chi connectivity index (χ3v) is 2.75. The van der Waals surface area contributed by atoms with Crippen LogP contribution in [0.5, 0.6) is 5.75 Å². The van der Waals surface area contributed by atoms with Gasteiger partial charge < -0.3 is 5.11 Å². The normalized spacial score (nSPS) is 10.3. The number of benzene rings is 2. The van der Waals surface area contributed by atoms with Crippen molar-refractivity contribution in [2.45, 2.75) is 13.8 Å². The van der Waals surface area contributed by atoms with Crippen LogP contribution >= 0.6 is 0 Å². The van der Waals surface area contributed by atoms with Crippen LogP contribution in [0.25, 0.3) is 10.8 Å². The van der Waals surface area contributed by atoms with E-state index in [1.54, 1.807) is 30.3 Å². The molecule has 4 nitrogen and oxygen atoms in total. The molecule has 4 heteroatoms. The molecular weight excluding hydrogens is 230 g/mol. The van der Waals surface area contributed by atoms with Gasteiger partial charge in [-0.1, -0.05) is 24.3 Å². The van der Waals surface area contributed by atoms with Gasteiger partial charge in [0.15, 0.2) is 0 Å². The second-order valence-corrected chi connectivity index (χ2v) is 4.02. The molecule has 92 valence electrons. The molecule has 0 bridgehead atoms. The maximum Gasteiger partial charge on any atom is 0.230 e. The number of imide groups is 1. The molecule has 0 aliphatic carbocycles. The summed E-state index contributed by atoms with van der Waals surface area (Å²) >= 11 is 0. The molecule has 0 aliphatic rings. The van der Waals surface area contributed by atoms with Crippen LogP contribution in [0.15, 0.2) is 36.4 Å².